The zero-order valence-corrected chi connectivity index (χ0v) is 16.9. The summed E-state index contributed by atoms with van der Waals surface area (Å²) in [5.41, 5.74) is 3.20. The van der Waals surface area contributed by atoms with Crippen molar-refractivity contribution in [2.45, 2.75) is 0 Å². The normalized spacial score (nSPS) is 10.5. The number of carbonyl (C=O) groups excluding carboxylic acids is 1. The molecule has 0 spiro atoms. The van der Waals surface area contributed by atoms with Crippen molar-refractivity contribution in [3.8, 4) is 11.3 Å². The van der Waals surface area contributed by atoms with Gasteiger partial charge in [0.2, 0.25) is 0 Å². The Hall–Kier alpha value is -3.10. The van der Waals surface area contributed by atoms with Gasteiger partial charge < -0.3 is 5.32 Å². The van der Waals surface area contributed by atoms with Crippen LogP contribution in [0.3, 0.4) is 0 Å². The molecule has 6 nitrogen and oxygen atoms in total. The van der Waals surface area contributed by atoms with Crippen molar-refractivity contribution in [1.29, 1.82) is 0 Å². The topological polar surface area (TPSA) is 79.8 Å². The summed E-state index contributed by atoms with van der Waals surface area (Å²) in [6.45, 7) is 0. The molecule has 0 aliphatic heterocycles. The highest BCUT2D eigenvalue weighted by molar-refractivity contribution is 9.10. The minimum atomic E-state index is -0.205. The van der Waals surface area contributed by atoms with E-state index in [1.54, 1.807) is 24.4 Å². The van der Waals surface area contributed by atoms with Gasteiger partial charge >= 0.3 is 0 Å². The van der Waals surface area contributed by atoms with Crippen LogP contribution in [0.4, 0.5) is 16.6 Å². The van der Waals surface area contributed by atoms with Crippen molar-refractivity contribution in [2.24, 2.45) is 0 Å². The molecule has 0 saturated heterocycles. The van der Waals surface area contributed by atoms with Crippen molar-refractivity contribution in [3.05, 3.63) is 82.5 Å². The van der Waals surface area contributed by atoms with Crippen LogP contribution in [0, 0.1) is 0 Å². The Morgan fingerprint density at radius 2 is 1.93 bits per heavy atom. The lowest BCUT2D eigenvalue weighted by molar-refractivity contribution is 0.102. The lowest BCUT2D eigenvalue weighted by Crippen LogP contribution is -2.11. The molecule has 0 fully saturated rings. The highest BCUT2D eigenvalue weighted by Gasteiger charge is 2.10. The average Bonchev–Trinajstić information content (AvgIpc) is 3.18. The van der Waals surface area contributed by atoms with E-state index in [0.29, 0.717) is 16.5 Å². The third-order valence-corrected chi connectivity index (χ3v) is 5.10. The van der Waals surface area contributed by atoms with Crippen molar-refractivity contribution in [1.82, 2.24) is 15.0 Å². The predicted octanol–water partition coefficient (Wildman–Crippen LogP) is 5.36. The number of rotatable bonds is 5. The molecule has 0 unspecified atom stereocenters. The third-order valence-electron chi connectivity index (χ3n) is 3.85. The van der Waals surface area contributed by atoms with E-state index in [9.17, 15) is 4.79 Å². The van der Waals surface area contributed by atoms with Crippen LogP contribution in [0.25, 0.3) is 11.3 Å². The predicted molar refractivity (Wildman–Crippen MR) is 115 cm³/mol. The molecule has 0 atom stereocenters. The monoisotopic (exact) mass is 451 g/mol. The van der Waals surface area contributed by atoms with Gasteiger partial charge in [0.05, 0.1) is 5.69 Å². The quantitative estimate of drug-likeness (QED) is 0.426. The maximum Gasteiger partial charge on any atom is 0.257 e. The minimum Gasteiger partial charge on any atom is -0.340 e. The summed E-state index contributed by atoms with van der Waals surface area (Å²) < 4.78 is 0.985. The fraction of sp³-hybridized carbons (Fsp3) is 0. The van der Waals surface area contributed by atoms with E-state index in [0.717, 1.165) is 21.4 Å². The van der Waals surface area contributed by atoms with Crippen LogP contribution in [0.15, 0.2) is 77.0 Å². The van der Waals surface area contributed by atoms with Crippen LogP contribution >= 0.6 is 27.3 Å². The number of thiazole rings is 1. The summed E-state index contributed by atoms with van der Waals surface area (Å²) in [4.78, 5) is 25.0. The highest BCUT2D eigenvalue weighted by atomic mass is 79.9. The van der Waals surface area contributed by atoms with E-state index in [2.05, 4.69) is 41.5 Å². The molecule has 2 aromatic heterocycles. The van der Waals surface area contributed by atoms with Gasteiger partial charge in [-0.3, -0.25) is 10.1 Å². The van der Waals surface area contributed by atoms with Crippen LogP contribution < -0.4 is 10.6 Å². The number of benzene rings is 2. The zero-order chi connectivity index (χ0) is 19.3. The second-order valence-corrected chi connectivity index (χ2v) is 7.57. The fourth-order valence-electron chi connectivity index (χ4n) is 2.50. The van der Waals surface area contributed by atoms with E-state index in [1.165, 1.54) is 17.7 Å². The van der Waals surface area contributed by atoms with Gasteiger partial charge in [-0.25, -0.2) is 15.0 Å². The van der Waals surface area contributed by atoms with Crippen LogP contribution in [0.2, 0.25) is 0 Å². The average molecular weight is 452 g/mol. The first-order chi connectivity index (χ1) is 13.7. The fourth-order valence-corrected chi connectivity index (χ4v) is 3.61. The molecule has 0 bridgehead atoms. The third kappa shape index (κ3) is 4.41. The molecule has 1 amide bonds. The number of amides is 1. The number of aromatic nitrogens is 3. The molecule has 0 radical (unpaired) electrons. The van der Waals surface area contributed by atoms with Gasteiger partial charge in [0, 0.05) is 32.9 Å². The first-order valence-corrected chi connectivity index (χ1v) is 10.0. The summed E-state index contributed by atoms with van der Waals surface area (Å²) in [5, 5.41) is 8.48. The molecule has 4 aromatic rings. The largest absolute Gasteiger partial charge is 0.340 e. The van der Waals surface area contributed by atoms with Crippen molar-refractivity contribution in [2.75, 3.05) is 10.6 Å². The molecular weight excluding hydrogens is 438 g/mol. The molecule has 8 heteroatoms. The summed E-state index contributed by atoms with van der Waals surface area (Å²) in [6, 6.07) is 16.8. The second-order valence-electron chi connectivity index (χ2n) is 5.80. The highest BCUT2D eigenvalue weighted by Crippen LogP contribution is 2.27. The van der Waals surface area contributed by atoms with Gasteiger partial charge in [0.25, 0.3) is 5.91 Å². The standard InChI is InChI=1S/C20H14BrN5OS/c21-15-3-1-2-14(10-15)17-11-28-20(25-17)26-19(27)13-4-6-16(7-5-13)24-18-8-9-22-12-23-18/h1-12H,(H,22,23,24)(H,25,26,27). The SMILES string of the molecule is O=C(Nc1nc(-c2cccc(Br)c2)cs1)c1ccc(Nc2ccncn2)cc1. The molecule has 2 aromatic carbocycles. The molecule has 4 rings (SSSR count). The summed E-state index contributed by atoms with van der Waals surface area (Å²) in [5.74, 6) is 0.485. The summed E-state index contributed by atoms with van der Waals surface area (Å²) >= 11 is 4.85. The lowest BCUT2D eigenvalue weighted by Gasteiger charge is -2.06. The Morgan fingerprint density at radius 1 is 1.07 bits per heavy atom. The lowest BCUT2D eigenvalue weighted by atomic mass is 10.2. The molecule has 0 saturated carbocycles. The van der Waals surface area contributed by atoms with Crippen LogP contribution in [-0.2, 0) is 0 Å². The number of carbonyl (C=O) groups is 1. The van der Waals surface area contributed by atoms with Gasteiger partial charge in [0.1, 0.15) is 12.1 Å². The number of nitrogens with one attached hydrogen (secondary N) is 2. The Bertz CT molecular complexity index is 1100. The van der Waals surface area contributed by atoms with Crippen molar-refractivity contribution >= 4 is 49.8 Å². The van der Waals surface area contributed by atoms with E-state index in [4.69, 9.17) is 0 Å². The molecular formula is C20H14BrN5OS. The summed E-state index contributed by atoms with van der Waals surface area (Å²) in [7, 11) is 0. The van der Waals surface area contributed by atoms with Gasteiger partial charge in [0.15, 0.2) is 5.13 Å². The molecule has 28 heavy (non-hydrogen) atoms. The van der Waals surface area contributed by atoms with E-state index in [-0.39, 0.29) is 5.91 Å². The van der Waals surface area contributed by atoms with Crippen molar-refractivity contribution < 1.29 is 4.79 Å². The Balaban J connectivity index is 1.42. The van der Waals surface area contributed by atoms with Gasteiger partial charge in [-0.15, -0.1) is 11.3 Å². The van der Waals surface area contributed by atoms with E-state index < -0.39 is 0 Å². The minimum absolute atomic E-state index is 0.205. The van der Waals surface area contributed by atoms with Gasteiger partial charge in [-0.05, 0) is 42.5 Å². The number of nitrogens with zero attached hydrogens (tertiary/aromatic N) is 3. The number of halogens is 1. The first-order valence-electron chi connectivity index (χ1n) is 8.33. The van der Waals surface area contributed by atoms with E-state index >= 15 is 0 Å². The van der Waals surface area contributed by atoms with Gasteiger partial charge in [-0.1, -0.05) is 28.1 Å². The molecule has 0 aliphatic carbocycles. The smallest absolute Gasteiger partial charge is 0.257 e. The molecule has 138 valence electrons. The zero-order valence-electron chi connectivity index (χ0n) is 14.5. The van der Waals surface area contributed by atoms with Crippen LogP contribution in [-0.4, -0.2) is 20.9 Å². The number of hydrogen-bond acceptors (Lipinski definition) is 6. The maximum atomic E-state index is 12.5. The van der Waals surface area contributed by atoms with E-state index in [1.807, 2.05) is 41.8 Å². The molecule has 2 N–H and O–H groups in total. The molecule has 2 heterocycles. The number of hydrogen-bond donors (Lipinski definition) is 2. The van der Waals surface area contributed by atoms with Crippen LogP contribution in [0.1, 0.15) is 10.4 Å². The second kappa shape index (κ2) is 8.28. The Labute approximate surface area is 173 Å². The van der Waals surface area contributed by atoms with Gasteiger partial charge in [-0.2, -0.15) is 0 Å². The van der Waals surface area contributed by atoms with Crippen molar-refractivity contribution in [3.63, 3.8) is 0 Å². The molecule has 0 aliphatic rings. The first kappa shape index (κ1) is 18.3. The Kier molecular flexibility index (Phi) is 5.41. The van der Waals surface area contributed by atoms with Crippen LogP contribution in [0.5, 0.6) is 0 Å². The summed E-state index contributed by atoms with van der Waals surface area (Å²) in [6.07, 6.45) is 3.13. The maximum absolute atomic E-state index is 12.5. The number of anilines is 3. The Morgan fingerprint density at radius 3 is 2.68 bits per heavy atom.